The molecule has 0 unspecified atom stereocenters. The summed E-state index contributed by atoms with van der Waals surface area (Å²) in [5.74, 6) is -6.92. The Kier molecular flexibility index (Phi) is 6.27. The van der Waals surface area contributed by atoms with Crippen molar-refractivity contribution in [3.63, 3.8) is 0 Å². The first-order valence-corrected chi connectivity index (χ1v) is 3.94. The summed E-state index contributed by atoms with van der Waals surface area (Å²) in [5, 5.41) is -6.72. The quantitative estimate of drug-likeness (QED) is 0.424. The van der Waals surface area contributed by atoms with Gasteiger partial charge in [0, 0.05) is 0 Å². The molecule has 0 saturated carbocycles. The molecular weight excluding hydrogens is 382 g/mol. The van der Waals surface area contributed by atoms with Crippen LogP contribution in [0.5, 0.6) is 0 Å². The van der Waals surface area contributed by atoms with Crippen LogP contribution in [0.3, 0.4) is 0 Å². The van der Waals surface area contributed by atoms with Crippen molar-refractivity contribution in [3.05, 3.63) is 0 Å². The van der Waals surface area contributed by atoms with E-state index in [0.717, 1.165) is 0 Å². The molecule has 15 heavy (non-hydrogen) atoms. The number of hydrogen-bond donors (Lipinski definition) is 0. The number of rotatable bonds is 2. The average molecular weight is 382 g/mol. The number of halogens is 7. The molecule has 0 amide bonds. The smallest absolute Gasteiger partial charge is 0.743 e. The van der Waals surface area contributed by atoms with Crippen molar-refractivity contribution < 1.29 is 113 Å². The van der Waals surface area contributed by atoms with Crippen molar-refractivity contribution >= 4 is 10.1 Å². The molecule has 0 radical (unpaired) electrons. The molecule has 0 aromatic carbocycles. The minimum atomic E-state index is -7.10. The number of hydrogen-bond acceptors (Lipinski definition) is 3. The first-order valence-electron chi connectivity index (χ1n) is 2.53. The van der Waals surface area contributed by atoms with E-state index in [9.17, 15) is 43.7 Å². The van der Waals surface area contributed by atoms with Crippen LogP contribution in [0.25, 0.3) is 0 Å². The Labute approximate surface area is 138 Å². The second-order valence-electron chi connectivity index (χ2n) is 2.04. The molecule has 86 valence electrons. The Morgan fingerprint density at radius 1 is 0.867 bits per heavy atom. The Bertz CT molecular complexity index is 319. The van der Waals surface area contributed by atoms with Gasteiger partial charge in [-0.3, -0.25) is 0 Å². The van der Waals surface area contributed by atoms with Gasteiger partial charge in [0.05, 0.1) is 0 Å². The maximum Gasteiger partial charge on any atom is 1.00 e. The van der Waals surface area contributed by atoms with E-state index in [1.54, 1.807) is 0 Å². The van der Waals surface area contributed by atoms with E-state index in [4.69, 9.17) is 0 Å². The van der Waals surface area contributed by atoms with Gasteiger partial charge in [-0.2, -0.15) is 30.7 Å². The SMILES string of the molecule is O=S(=O)([O-])C(F)(F)C(F)(F)C(F)(F)F.[Cs+]. The Morgan fingerprint density at radius 2 is 1.13 bits per heavy atom. The zero-order valence-corrected chi connectivity index (χ0v) is 13.9. The summed E-state index contributed by atoms with van der Waals surface area (Å²) in [4.78, 5) is 0. The van der Waals surface area contributed by atoms with E-state index in [1.807, 2.05) is 0 Å². The summed E-state index contributed by atoms with van der Waals surface area (Å²) >= 11 is 0. The van der Waals surface area contributed by atoms with Crippen LogP contribution in [0, 0.1) is 0 Å². The molecule has 12 heteroatoms. The first kappa shape index (κ1) is 18.8. The maximum atomic E-state index is 11.8. The van der Waals surface area contributed by atoms with E-state index in [1.165, 1.54) is 0 Å². The monoisotopic (exact) mass is 382 g/mol. The molecule has 0 heterocycles. The van der Waals surface area contributed by atoms with E-state index < -0.39 is 27.5 Å². The second kappa shape index (κ2) is 4.99. The van der Waals surface area contributed by atoms with Crippen molar-refractivity contribution in [1.29, 1.82) is 0 Å². The van der Waals surface area contributed by atoms with Crippen LogP contribution >= 0.6 is 0 Å². The van der Waals surface area contributed by atoms with Crippen LogP contribution in [0.1, 0.15) is 0 Å². The predicted octanol–water partition coefficient (Wildman–Crippen LogP) is -1.67. The van der Waals surface area contributed by atoms with Crippen LogP contribution < -0.4 is 68.9 Å². The summed E-state index contributed by atoms with van der Waals surface area (Å²) in [6.07, 6.45) is -6.83. The van der Waals surface area contributed by atoms with Crippen LogP contribution in [-0.2, 0) is 10.1 Å². The van der Waals surface area contributed by atoms with Gasteiger partial charge in [-0.25, -0.2) is 8.42 Å². The molecule has 0 aliphatic heterocycles. The minimum absolute atomic E-state index is 0. The van der Waals surface area contributed by atoms with Crippen LogP contribution in [0.15, 0.2) is 0 Å². The molecule has 0 aliphatic rings. The van der Waals surface area contributed by atoms with Crippen molar-refractivity contribution in [2.24, 2.45) is 0 Å². The first-order chi connectivity index (χ1) is 5.75. The van der Waals surface area contributed by atoms with E-state index >= 15 is 0 Å². The zero-order chi connectivity index (χ0) is 12.0. The molecule has 0 N–H and O–H groups in total. The van der Waals surface area contributed by atoms with Gasteiger partial charge in [0.1, 0.15) is 0 Å². The molecule has 0 aromatic heterocycles. The molecule has 0 bridgehead atoms. The molecule has 0 fully saturated rings. The summed E-state index contributed by atoms with van der Waals surface area (Å²) in [6, 6.07) is 0. The topological polar surface area (TPSA) is 57.2 Å². The normalized spacial score (nSPS) is 14.7. The van der Waals surface area contributed by atoms with E-state index in [2.05, 4.69) is 0 Å². The maximum absolute atomic E-state index is 11.8. The molecule has 0 aliphatic carbocycles. The van der Waals surface area contributed by atoms with Gasteiger partial charge in [0.15, 0.2) is 10.1 Å². The fourth-order valence-corrected chi connectivity index (χ4v) is 0.752. The third-order valence-corrected chi connectivity index (χ3v) is 1.92. The van der Waals surface area contributed by atoms with Crippen LogP contribution in [0.4, 0.5) is 30.7 Å². The third kappa shape index (κ3) is 3.46. The van der Waals surface area contributed by atoms with Gasteiger partial charge >= 0.3 is 86.2 Å². The molecule has 0 atom stereocenters. The van der Waals surface area contributed by atoms with Gasteiger partial charge in [-0.05, 0) is 0 Å². The van der Waals surface area contributed by atoms with Crippen molar-refractivity contribution in [2.45, 2.75) is 17.4 Å². The fraction of sp³-hybridized carbons (Fsp3) is 1.00. The van der Waals surface area contributed by atoms with Gasteiger partial charge in [0.25, 0.3) is 0 Å². The minimum Gasteiger partial charge on any atom is -0.743 e. The van der Waals surface area contributed by atoms with Crippen LogP contribution in [-0.4, -0.2) is 30.3 Å². The summed E-state index contributed by atoms with van der Waals surface area (Å²) in [5.41, 5.74) is 0. The summed E-state index contributed by atoms with van der Waals surface area (Å²) in [7, 11) is -7.10. The summed E-state index contributed by atoms with van der Waals surface area (Å²) in [6.45, 7) is 0. The Morgan fingerprint density at radius 3 is 1.20 bits per heavy atom. The van der Waals surface area contributed by atoms with E-state index in [0.29, 0.717) is 0 Å². The largest absolute Gasteiger partial charge is 1.00 e. The molecular formula is C3CsF7O3S. The summed E-state index contributed by atoms with van der Waals surface area (Å²) < 4.78 is 109. The molecule has 0 saturated heterocycles. The number of alkyl halides is 7. The molecule has 3 nitrogen and oxygen atoms in total. The standard InChI is InChI=1S/C3HF7O3S.Cs/c4-1(5,2(6,7)8)3(9,10)14(11,12)13;/h(H,11,12,13);/q;+1/p-1. The zero-order valence-electron chi connectivity index (χ0n) is 6.78. The van der Waals surface area contributed by atoms with Gasteiger partial charge in [-0.15, -0.1) is 0 Å². The molecule has 0 aromatic rings. The predicted molar refractivity (Wildman–Crippen MR) is 25.6 cm³/mol. The Balaban J connectivity index is 0. The van der Waals surface area contributed by atoms with E-state index in [-0.39, 0.29) is 68.9 Å². The van der Waals surface area contributed by atoms with Gasteiger partial charge in [-0.1, -0.05) is 0 Å². The average Bonchev–Trinajstić information content (AvgIpc) is 1.81. The van der Waals surface area contributed by atoms with Gasteiger partial charge in [0.2, 0.25) is 0 Å². The Hall–Kier alpha value is 1.47. The van der Waals surface area contributed by atoms with Crippen molar-refractivity contribution in [1.82, 2.24) is 0 Å². The third-order valence-electron chi connectivity index (χ3n) is 1.04. The van der Waals surface area contributed by atoms with Crippen molar-refractivity contribution in [2.75, 3.05) is 0 Å². The molecule has 0 spiro atoms. The van der Waals surface area contributed by atoms with Crippen LogP contribution in [0.2, 0.25) is 0 Å². The fourth-order valence-electron chi connectivity index (χ4n) is 0.322. The van der Waals surface area contributed by atoms with Crippen molar-refractivity contribution in [3.8, 4) is 0 Å². The molecule has 0 rings (SSSR count). The van der Waals surface area contributed by atoms with Gasteiger partial charge < -0.3 is 4.55 Å². The second-order valence-corrected chi connectivity index (χ2v) is 3.46.